The Morgan fingerprint density at radius 3 is 2.33 bits per heavy atom. The Bertz CT molecular complexity index is 562. The van der Waals surface area contributed by atoms with Crippen molar-refractivity contribution in [3.63, 3.8) is 0 Å². The average molecular weight is 331 g/mol. The minimum Gasteiger partial charge on any atom is -0.462 e. The smallest absolute Gasteiger partial charge is 0.345 e. The highest BCUT2D eigenvalue weighted by Crippen LogP contribution is 2.22. The van der Waals surface area contributed by atoms with E-state index in [0.29, 0.717) is 0 Å². The predicted octanol–water partition coefficient (Wildman–Crippen LogP) is 2.70. The van der Waals surface area contributed by atoms with Crippen molar-refractivity contribution >= 4 is 11.9 Å². The van der Waals surface area contributed by atoms with Crippen molar-refractivity contribution in [2.45, 2.75) is 39.3 Å². The van der Waals surface area contributed by atoms with Gasteiger partial charge in [-0.1, -0.05) is 30.3 Å². The highest BCUT2D eigenvalue weighted by atomic mass is 16.6. The minimum absolute atomic E-state index is 0.00339. The number of ether oxygens (including phenoxy) is 2. The summed E-state index contributed by atoms with van der Waals surface area (Å²) in [5.41, 5.74) is 1.22. The first-order chi connectivity index (χ1) is 11.7. The molecule has 1 aliphatic heterocycles. The molecule has 130 valence electrons. The summed E-state index contributed by atoms with van der Waals surface area (Å²) in [5.74, 6) is -1.22. The number of hydrogen-bond donors (Lipinski definition) is 0. The number of esters is 2. The van der Waals surface area contributed by atoms with Gasteiger partial charge in [0.25, 0.3) is 0 Å². The van der Waals surface area contributed by atoms with E-state index in [1.165, 1.54) is 5.56 Å². The van der Waals surface area contributed by atoms with Crippen molar-refractivity contribution < 1.29 is 19.1 Å². The molecule has 1 fully saturated rings. The topological polar surface area (TPSA) is 55.8 Å². The van der Waals surface area contributed by atoms with Crippen molar-refractivity contribution in [2.75, 3.05) is 19.8 Å². The third kappa shape index (κ3) is 4.93. The molecule has 1 aromatic carbocycles. The van der Waals surface area contributed by atoms with Crippen LogP contribution in [-0.2, 0) is 25.6 Å². The number of carbonyl (C=O) groups is 2. The van der Waals surface area contributed by atoms with E-state index in [1.807, 2.05) is 18.2 Å². The number of likely N-dealkylation sites (tertiary alicyclic amines) is 1. The first-order valence-corrected chi connectivity index (χ1v) is 8.49. The first kappa shape index (κ1) is 18.2. The number of carbonyl (C=O) groups excluding carboxylic acids is 2. The lowest BCUT2D eigenvalue weighted by Crippen LogP contribution is -2.29. The lowest BCUT2D eigenvalue weighted by atomic mass is 10.1. The van der Waals surface area contributed by atoms with Gasteiger partial charge < -0.3 is 9.47 Å². The Morgan fingerprint density at radius 2 is 1.75 bits per heavy atom. The third-order valence-corrected chi connectivity index (χ3v) is 3.99. The molecule has 1 aliphatic rings. The van der Waals surface area contributed by atoms with Crippen molar-refractivity contribution in [3.8, 4) is 0 Å². The van der Waals surface area contributed by atoms with Crippen LogP contribution in [0.15, 0.2) is 42.0 Å². The molecule has 0 spiro atoms. The Hall–Kier alpha value is -2.14. The lowest BCUT2D eigenvalue weighted by molar-refractivity contribution is -0.146. The molecule has 1 heterocycles. The van der Waals surface area contributed by atoms with Gasteiger partial charge in [-0.15, -0.1) is 0 Å². The van der Waals surface area contributed by atoms with E-state index in [-0.39, 0.29) is 24.8 Å². The van der Waals surface area contributed by atoms with Gasteiger partial charge in [-0.2, -0.15) is 0 Å². The van der Waals surface area contributed by atoms with Crippen LogP contribution in [0.3, 0.4) is 0 Å². The summed E-state index contributed by atoms with van der Waals surface area (Å²) in [6.45, 7) is 5.63. The second-order valence-electron chi connectivity index (χ2n) is 5.69. The van der Waals surface area contributed by atoms with Gasteiger partial charge >= 0.3 is 11.9 Å². The molecule has 0 N–H and O–H groups in total. The zero-order valence-corrected chi connectivity index (χ0v) is 14.4. The monoisotopic (exact) mass is 331 g/mol. The molecule has 0 bridgehead atoms. The Labute approximate surface area is 143 Å². The van der Waals surface area contributed by atoms with Crippen LogP contribution in [0.25, 0.3) is 0 Å². The summed E-state index contributed by atoms with van der Waals surface area (Å²) in [4.78, 5) is 26.5. The largest absolute Gasteiger partial charge is 0.462 e. The van der Waals surface area contributed by atoms with Gasteiger partial charge in [0.2, 0.25) is 0 Å². The fraction of sp³-hybridized carbons (Fsp3) is 0.474. The average Bonchev–Trinajstić information content (AvgIpc) is 3.00. The zero-order valence-electron chi connectivity index (χ0n) is 14.4. The Morgan fingerprint density at radius 1 is 1.12 bits per heavy atom. The fourth-order valence-electron chi connectivity index (χ4n) is 2.88. The standard InChI is InChI=1S/C19H25NO4/c1-3-23-18(21)17(19(22)24-4-2)13-16-11-8-12-20(16)14-15-9-6-5-7-10-15/h5-7,9-10,13,16H,3-4,8,11-12,14H2,1-2H3. The maximum absolute atomic E-state index is 12.1. The number of rotatable bonds is 7. The summed E-state index contributed by atoms with van der Waals surface area (Å²) in [6, 6.07) is 10.2. The van der Waals surface area contributed by atoms with Crippen LogP contribution in [0, 0.1) is 0 Å². The van der Waals surface area contributed by atoms with Gasteiger partial charge in [0.15, 0.2) is 0 Å². The Kier molecular flexibility index (Phi) is 7.00. The Balaban J connectivity index is 2.16. The van der Waals surface area contributed by atoms with Crippen LogP contribution < -0.4 is 0 Å². The summed E-state index contributed by atoms with van der Waals surface area (Å²) < 4.78 is 10.0. The lowest BCUT2D eigenvalue weighted by Gasteiger charge is -2.22. The molecule has 0 radical (unpaired) electrons. The number of nitrogens with zero attached hydrogens (tertiary/aromatic N) is 1. The normalized spacial score (nSPS) is 17.3. The van der Waals surface area contributed by atoms with E-state index in [4.69, 9.17) is 9.47 Å². The molecule has 24 heavy (non-hydrogen) atoms. The van der Waals surface area contributed by atoms with Crippen LogP contribution in [0.1, 0.15) is 32.3 Å². The van der Waals surface area contributed by atoms with E-state index in [2.05, 4.69) is 17.0 Å². The van der Waals surface area contributed by atoms with E-state index in [0.717, 1.165) is 25.9 Å². The highest BCUT2D eigenvalue weighted by Gasteiger charge is 2.28. The minimum atomic E-state index is -0.609. The van der Waals surface area contributed by atoms with E-state index in [9.17, 15) is 9.59 Å². The van der Waals surface area contributed by atoms with Crippen LogP contribution in [0.2, 0.25) is 0 Å². The predicted molar refractivity (Wildman–Crippen MR) is 91.2 cm³/mol. The highest BCUT2D eigenvalue weighted by molar-refractivity contribution is 6.14. The van der Waals surface area contributed by atoms with Crippen molar-refractivity contribution in [3.05, 3.63) is 47.5 Å². The van der Waals surface area contributed by atoms with E-state index < -0.39 is 11.9 Å². The van der Waals surface area contributed by atoms with Crippen molar-refractivity contribution in [2.24, 2.45) is 0 Å². The molecule has 1 aromatic rings. The van der Waals surface area contributed by atoms with Gasteiger partial charge in [-0.3, -0.25) is 4.90 Å². The summed E-state index contributed by atoms with van der Waals surface area (Å²) in [5, 5.41) is 0. The molecule has 2 rings (SSSR count). The van der Waals surface area contributed by atoms with Gasteiger partial charge in [0.05, 0.1) is 13.2 Å². The molecule has 0 amide bonds. The van der Waals surface area contributed by atoms with Crippen LogP contribution in [0.4, 0.5) is 0 Å². The maximum atomic E-state index is 12.1. The molecular weight excluding hydrogens is 306 g/mol. The van der Waals surface area contributed by atoms with Gasteiger partial charge in [0.1, 0.15) is 5.57 Å². The van der Waals surface area contributed by atoms with Crippen LogP contribution >= 0.6 is 0 Å². The zero-order chi connectivity index (χ0) is 17.4. The second kappa shape index (κ2) is 9.23. The molecule has 0 saturated carbocycles. The second-order valence-corrected chi connectivity index (χ2v) is 5.69. The molecule has 0 aliphatic carbocycles. The van der Waals surface area contributed by atoms with Gasteiger partial charge in [-0.05, 0) is 44.9 Å². The first-order valence-electron chi connectivity index (χ1n) is 8.49. The maximum Gasteiger partial charge on any atom is 0.345 e. The molecule has 5 heteroatoms. The van der Waals surface area contributed by atoms with E-state index >= 15 is 0 Å². The van der Waals surface area contributed by atoms with Crippen LogP contribution in [0.5, 0.6) is 0 Å². The van der Waals surface area contributed by atoms with Gasteiger partial charge in [0, 0.05) is 12.6 Å². The molecule has 1 unspecified atom stereocenters. The summed E-state index contributed by atoms with van der Waals surface area (Å²) in [7, 11) is 0. The van der Waals surface area contributed by atoms with Crippen molar-refractivity contribution in [1.29, 1.82) is 0 Å². The van der Waals surface area contributed by atoms with Crippen molar-refractivity contribution in [1.82, 2.24) is 4.90 Å². The summed E-state index contributed by atoms with van der Waals surface area (Å²) in [6.07, 6.45) is 3.66. The number of hydrogen-bond acceptors (Lipinski definition) is 5. The van der Waals surface area contributed by atoms with Gasteiger partial charge in [-0.25, -0.2) is 9.59 Å². The third-order valence-electron chi connectivity index (χ3n) is 3.99. The van der Waals surface area contributed by atoms with E-state index in [1.54, 1.807) is 19.9 Å². The summed E-state index contributed by atoms with van der Waals surface area (Å²) >= 11 is 0. The molecular formula is C19H25NO4. The SMILES string of the molecule is CCOC(=O)C(=CC1CCCN1Cc1ccccc1)C(=O)OCC. The van der Waals surface area contributed by atoms with Crippen LogP contribution in [-0.4, -0.2) is 42.6 Å². The molecule has 0 aromatic heterocycles. The quantitative estimate of drug-likeness (QED) is 0.333. The molecule has 1 atom stereocenters. The molecule has 5 nitrogen and oxygen atoms in total. The number of benzene rings is 1. The molecule has 1 saturated heterocycles. The fourth-order valence-corrected chi connectivity index (χ4v) is 2.88.